The van der Waals surface area contributed by atoms with E-state index in [1.54, 1.807) is 30.3 Å². The molecule has 26 heavy (non-hydrogen) atoms. The van der Waals surface area contributed by atoms with Crippen molar-refractivity contribution in [3.05, 3.63) is 52.7 Å². The highest BCUT2D eigenvalue weighted by molar-refractivity contribution is 7.91. The molecule has 0 unspecified atom stereocenters. The molecule has 1 amide bonds. The standard InChI is InChI=1S/C18H21FN2O3S2/c1-13-6-7-17(25-13)26(23,24)21-10-8-14(9-11-21)18(22)20-12-15-4-2-3-5-16(15)19/h2-7,14H,8-12H2,1H3,(H,20,22). The van der Waals surface area contributed by atoms with Crippen molar-refractivity contribution in [2.75, 3.05) is 13.1 Å². The topological polar surface area (TPSA) is 66.5 Å². The highest BCUT2D eigenvalue weighted by Crippen LogP contribution is 2.28. The summed E-state index contributed by atoms with van der Waals surface area (Å²) < 4.78 is 40.6. The summed E-state index contributed by atoms with van der Waals surface area (Å²) in [7, 11) is -3.48. The predicted molar refractivity (Wildman–Crippen MR) is 98.8 cm³/mol. The molecule has 140 valence electrons. The van der Waals surface area contributed by atoms with Crippen LogP contribution in [0, 0.1) is 18.7 Å². The molecule has 0 atom stereocenters. The van der Waals surface area contributed by atoms with Gasteiger partial charge in [0.25, 0.3) is 10.0 Å². The summed E-state index contributed by atoms with van der Waals surface area (Å²) in [5.41, 5.74) is 0.439. The normalized spacial score (nSPS) is 16.5. The minimum atomic E-state index is -3.48. The van der Waals surface area contributed by atoms with Crippen LogP contribution in [-0.2, 0) is 21.4 Å². The van der Waals surface area contributed by atoms with Crippen LogP contribution in [0.2, 0.25) is 0 Å². The number of amides is 1. The number of piperidine rings is 1. The summed E-state index contributed by atoms with van der Waals surface area (Å²) in [6.45, 7) is 2.64. The molecule has 8 heteroatoms. The number of sulfonamides is 1. The Balaban J connectivity index is 1.55. The molecule has 1 aliphatic rings. The fraction of sp³-hybridized carbons (Fsp3) is 0.389. The van der Waals surface area contributed by atoms with Gasteiger partial charge in [-0.3, -0.25) is 4.79 Å². The maximum atomic E-state index is 13.6. The molecule has 3 rings (SSSR count). The van der Waals surface area contributed by atoms with Gasteiger partial charge in [0.15, 0.2) is 0 Å². The van der Waals surface area contributed by atoms with Crippen LogP contribution in [0.1, 0.15) is 23.3 Å². The van der Waals surface area contributed by atoms with E-state index in [9.17, 15) is 17.6 Å². The van der Waals surface area contributed by atoms with Crippen molar-refractivity contribution in [3.63, 3.8) is 0 Å². The van der Waals surface area contributed by atoms with Crippen LogP contribution in [0.4, 0.5) is 4.39 Å². The molecule has 0 aliphatic carbocycles. The maximum absolute atomic E-state index is 13.6. The van der Waals surface area contributed by atoms with Crippen LogP contribution >= 0.6 is 11.3 Å². The number of hydrogen-bond donors (Lipinski definition) is 1. The highest BCUT2D eigenvalue weighted by atomic mass is 32.2. The van der Waals surface area contributed by atoms with Crippen LogP contribution in [0.25, 0.3) is 0 Å². The van der Waals surface area contributed by atoms with Gasteiger partial charge in [-0.15, -0.1) is 11.3 Å². The van der Waals surface area contributed by atoms with Crippen LogP contribution in [0.15, 0.2) is 40.6 Å². The molecule has 5 nitrogen and oxygen atoms in total. The molecule has 1 saturated heterocycles. The number of halogens is 1. The Hall–Kier alpha value is -1.77. The zero-order valence-corrected chi connectivity index (χ0v) is 16.1. The molecule has 2 aromatic rings. The minimum Gasteiger partial charge on any atom is -0.352 e. The van der Waals surface area contributed by atoms with E-state index in [1.165, 1.54) is 21.7 Å². The predicted octanol–water partition coefficient (Wildman–Crippen LogP) is 2.91. The quantitative estimate of drug-likeness (QED) is 0.845. The van der Waals surface area contributed by atoms with Crippen molar-refractivity contribution in [1.29, 1.82) is 0 Å². The van der Waals surface area contributed by atoms with Crippen molar-refractivity contribution in [2.45, 2.75) is 30.5 Å². The molecule has 1 aliphatic heterocycles. The Labute approximate surface area is 156 Å². The summed E-state index contributed by atoms with van der Waals surface area (Å²) in [6, 6.07) is 9.74. The molecular formula is C18H21FN2O3S2. The monoisotopic (exact) mass is 396 g/mol. The van der Waals surface area contributed by atoms with Gasteiger partial charge in [-0.2, -0.15) is 4.31 Å². The van der Waals surface area contributed by atoms with Gasteiger partial charge < -0.3 is 5.32 Å². The molecule has 1 N–H and O–H groups in total. The fourth-order valence-corrected chi connectivity index (χ4v) is 5.91. The van der Waals surface area contributed by atoms with Crippen molar-refractivity contribution in [3.8, 4) is 0 Å². The first-order chi connectivity index (χ1) is 12.4. The van der Waals surface area contributed by atoms with E-state index in [4.69, 9.17) is 0 Å². The van der Waals surface area contributed by atoms with Gasteiger partial charge in [0, 0.05) is 36.0 Å². The minimum absolute atomic E-state index is 0.137. The third-order valence-electron chi connectivity index (χ3n) is 4.55. The first kappa shape index (κ1) is 19.0. The zero-order chi connectivity index (χ0) is 18.7. The number of carbonyl (C=O) groups is 1. The summed E-state index contributed by atoms with van der Waals surface area (Å²) in [6.07, 6.45) is 0.930. The number of nitrogens with one attached hydrogen (secondary N) is 1. The van der Waals surface area contributed by atoms with Gasteiger partial charge in [0.1, 0.15) is 10.0 Å². The zero-order valence-electron chi connectivity index (χ0n) is 14.4. The summed E-state index contributed by atoms with van der Waals surface area (Å²) in [4.78, 5) is 13.3. The van der Waals surface area contributed by atoms with Crippen LogP contribution in [-0.4, -0.2) is 31.7 Å². The van der Waals surface area contributed by atoms with E-state index in [0.29, 0.717) is 35.7 Å². The van der Waals surface area contributed by atoms with Gasteiger partial charge in [0.2, 0.25) is 5.91 Å². The van der Waals surface area contributed by atoms with Gasteiger partial charge in [-0.05, 0) is 38.0 Å². The first-order valence-corrected chi connectivity index (χ1v) is 10.7. The van der Waals surface area contributed by atoms with Crippen LogP contribution in [0.3, 0.4) is 0 Å². The molecule has 0 radical (unpaired) electrons. The largest absolute Gasteiger partial charge is 0.352 e. The Bertz CT molecular complexity index is 887. The van der Waals surface area contributed by atoms with Gasteiger partial charge in [0.05, 0.1) is 0 Å². The van der Waals surface area contributed by atoms with E-state index >= 15 is 0 Å². The number of carbonyl (C=O) groups excluding carboxylic acids is 1. The summed E-state index contributed by atoms with van der Waals surface area (Å²) in [5, 5.41) is 2.75. The second-order valence-electron chi connectivity index (χ2n) is 6.35. The first-order valence-electron chi connectivity index (χ1n) is 8.45. The Morgan fingerprint density at radius 3 is 2.54 bits per heavy atom. The highest BCUT2D eigenvalue weighted by Gasteiger charge is 2.32. The van der Waals surface area contributed by atoms with Crippen LogP contribution in [0.5, 0.6) is 0 Å². The van der Waals surface area contributed by atoms with E-state index < -0.39 is 10.0 Å². The third kappa shape index (κ3) is 4.13. The smallest absolute Gasteiger partial charge is 0.252 e. The van der Waals surface area contributed by atoms with E-state index in [0.717, 1.165) is 4.88 Å². The van der Waals surface area contributed by atoms with Crippen molar-refractivity contribution in [2.24, 2.45) is 5.92 Å². The Kier molecular flexibility index (Phi) is 5.74. The van der Waals surface area contributed by atoms with Crippen LogP contribution < -0.4 is 5.32 Å². The second kappa shape index (κ2) is 7.85. The second-order valence-corrected chi connectivity index (χ2v) is 9.81. The van der Waals surface area contributed by atoms with Gasteiger partial charge in [-0.1, -0.05) is 18.2 Å². The molecular weight excluding hydrogens is 375 g/mol. The van der Waals surface area contributed by atoms with Crippen molar-refractivity contribution < 1.29 is 17.6 Å². The van der Waals surface area contributed by atoms with Crippen molar-refractivity contribution >= 4 is 27.3 Å². The lowest BCUT2D eigenvalue weighted by molar-refractivity contribution is -0.126. The summed E-state index contributed by atoms with van der Waals surface area (Å²) in [5.74, 6) is -0.754. The van der Waals surface area contributed by atoms with Gasteiger partial charge >= 0.3 is 0 Å². The summed E-state index contributed by atoms with van der Waals surface area (Å²) >= 11 is 1.26. The number of benzene rings is 1. The molecule has 0 bridgehead atoms. The number of thiophene rings is 1. The SMILES string of the molecule is Cc1ccc(S(=O)(=O)N2CCC(C(=O)NCc3ccccc3F)CC2)s1. The molecule has 0 spiro atoms. The Morgan fingerprint density at radius 2 is 1.92 bits per heavy atom. The number of hydrogen-bond acceptors (Lipinski definition) is 4. The lowest BCUT2D eigenvalue weighted by Crippen LogP contribution is -2.42. The van der Waals surface area contributed by atoms with E-state index in [2.05, 4.69) is 5.32 Å². The van der Waals surface area contributed by atoms with E-state index in [-0.39, 0.29) is 24.2 Å². The molecule has 1 aromatic heterocycles. The average Bonchev–Trinajstić information content (AvgIpc) is 3.08. The van der Waals surface area contributed by atoms with Crippen molar-refractivity contribution in [1.82, 2.24) is 9.62 Å². The molecule has 1 aromatic carbocycles. The Morgan fingerprint density at radius 1 is 1.23 bits per heavy atom. The molecule has 2 heterocycles. The molecule has 0 saturated carbocycles. The molecule has 1 fully saturated rings. The third-order valence-corrected chi connectivity index (χ3v) is 7.91. The number of nitrogens with zero attached hydrogens (tertiary/aromatic N) is 1. The maximum Gasteiger partial charge on any atom is 0.252 e. The number of aryl methyl sites for hydroxylation is 1. The lowest BCUT2D eigenvalue weighted by Gasteiger charge is -2.30. The lowest BCUT2D eigenvalue weighted by atomic mass is 9.97. The van der Waals surface area contributed by atoms with Gasteiger partial charge in [-0.25, -0.2) is 12.8 Å². The van der Waals surface area contributed by atoms with E-state index in [1.807, 2.05) is 6.92 Å². The average molecular weight is 397 g/mol. The fourth-order valence-electron chi connectivity index (χ4n) is 3.00. The number of rotatable bonds is 5.